The van der Waals surface area contributed by atoms with Crippen LogP contribution >= 0.6 is 0 Å². The summed E-state index contributed by atoms with van der Waals surface area (Å²) in [5.74, 6) is 0.966. The van der Waals surface area contributed by atoms with E-state index in [1.165, 1.54) is 65.0 Å². The first kappa shape index (κ1) is 13.4. The van der Waals surface area contributed by atoms with E-state index in [9.17, 15) is 0 Å². The molecule has 0 aromatic rings. The first-order valence-electron chi connectivity index (χ1n) is 7.48. The predicted molar refractivity (Wildman–Crippen MR) is 74.3 cm³/mol. The van der Waals surface area contributed by atoms with Crippen LogP contribution in [-0.2, 0) is 0 Å². The Kier molecular flexibility index (Phi) is 4.48. The topological polar surface area (TPSA) is 6.48 Å². The molecule has 2 heterocycles. The maximum absolute atomic E-state index is 2.69. The molecule has 0 aromatic heterocycles. The maximum Gasteiger partial charge on any atom is 0.00343 e. The average Bonchev–Trinajstić information content (AvgIpc) is 2.21. The summed E-state index contributed by atoms with van der Waals surface area (Å²) in [5, 5.41) is 0. The highest BCUT2D eigenvalue weighted by molar-refractivity contribution is 4.83. The minimum atomic E-state index is 0.498. The van der Waals surface area contributed by atoms with Gasteiger partial charge in [-0.1, -0.05) is 27.2 Å². The zero-order valence-electron chi connectivity index (χ0n) is 12.0. The first-order chi connectivity index (χ1) is 8.03. The van der Waals surface area contributed by atoms with E-state index in [0.29, 0.717) is 5.41 Å². The molecule has 0 unspecified atom stereocenters. The fourth-order valence-corrected chi connectivity index (χ4v) is 2.98. The van der Waals surface area contributed by atoms with Gasteiger partial charge in [-0.2, -0.15) is 0 Å². The van der Waals surface area contributed by atoms with Crippen LogP contribution in [0.25, 0.3) is 0 Å². The monoisotopic (exact) mass is 238 g/mol. The Morgan fingerprint density at radius 1 is 0.941 bits per heavy atom. The smallest absolute Gasteiger partial charge is 0.00343 e. The number of hydrogen-bond acceptors (Lipinski definition) is 2. The van der Waals surface area contributed by atoms with Crippen LogP contribution in [0.1, 0.15) is 46.5 Å². The molecule has 2 aliphatic rings. The zero-order chi connectivity index (χ0) is 12.3. The van der Waals surface area contributed by atoms with Crippen molar-refractivity contribution in [1.82, 2.24) is 9.80 Å². The van der Waals surface area contributed by atoms with Crippen LogP contribution in [0, 0.1) is 11.3 Å². The second kappa shape index (κ2) is 5.71. The maximum atomic E-state index is 2.69. The lowest BCUT2D eigenvalue weighted by Crippen LogP contribution is -2.52. The van der Waals surface area contributed by atoms with E-state index in [0.717, 1.165) is 5.92 Å². The van der Waals surface area contributed by atoms with Crippen molar-refractivity contribution in [3.8, 4) is 0 Å². The van der Waals surface area contributed by atoms with Crippen molar-refractivity contribution in [2.45, 2.75) is 46.5 Å². The van der Waals surface area contributed by atoms with Crippen LogP contribution in [0.2, 0.25) is 0 Å². The molecule has 2 saturated heterocycles. The molecule has 0 amide bonds. The molecule has 0 aromatic carbocycles. The minimum Gasteiger partial charge on any atom is -0.303 e. The van der Waals surface area contributed by atoms with Gasteiger partial charge in [0.25, 0.3) is 0 Å². The molecular formula is C15H30N2. The second-order valence-corrected chi connectivity index (χ2v) is 7.30. The summed E-state index contributed by atoms with van der Waals surface area (Å²) < 4.78 is 0. The SMILES string of the molecule is CC(C)(C)CCN1CC(CN2CCCCC2)C1. The molecule has 2 aliphatic heterocycles. The lowest BCUT2D eigenvalue weighted by Gasteiger charge is -2.43. The summed E-state index contributed by atoms with van der Waals surface area (Å²) in [6, 6.07) is 0. The Balaban J connectivity index is 1.56. The largest absolute Gasteiger partial charge is 0.303 e. The second-order valence-electron chi connectivity index (χ2n) is 7.30. The van der Waals surface area contributed by atoms with Gasteiger partial charge in [0, 0.05) is 19.6 Å². The van der Waals surface area contributed by atoms with E-state index in [2.05, 4.69) is 30.6 Å². The van der Waals surface area contributed by atoms with Gasteiger partial charge in [0.05, 0.1) is 0 Å². The number of nitrogens with zero attached hydrogens (tertiary/aromatic N) is 2. The number of hydrogen-bond donors (Lipinski definition) is 0. The highest BCUT2D eigenvalue weighted by Gasteiger charge is 2.29. The molecule has 0 atom stereocenters. The Morgan fingerprint density at radius 2 is 1.59 bits per heavy atom. The van der Waals surface area contributed by atoms with E-state index in [4.69, 9.17) is 0 Å². The van der Waals surface area contributed by atoms with E-state index in [1.807, 2.05) is 0 Å². The zero-order valence-corrected chi connectivity index (χ0v) is 12.0. The van der Waals surface area contributed by atoms with Crippen molar-refractivity contribution in [2.24, 2.45) is 11.3 Å². The van der Waals surface area contributed by atoms with E-state index < -0.39 is 0 Å². The Labute approximate surface area is 107 Å². The molecule has 0 N–H and O–H groups in total. The van der Waals surface area contributed by atoms with Gasteiger partial charge in [-0.25, -0.2) is 0 Å². The lowest BCUT2D eigenvalue weighted by atomic mass is 9.90. The summed E-state index contributed by atoms with van der Waals surface area (Å²) in [6.45, 7) is 15.1. The molecule has 2 nitrogen and oxygen atoms in total. The van der Waals surface area contributed by atoms with Gasteiger partial charge in [0.1, 0.15) is 0 Å². The summed E-state index contributed by atoms with van der Waals surface area (Å²) in [5.41, 5.74) is 0.498. The van der Waals surface area contributed by atoms with Gasteiger partial charge in [-0.3, -0.25) is 0 Å². The normalized spacial score (nSPS) is 24.9. The molecule has 0 radical (unpaired) electrons. The third-order valence-corrected chi connectivity index (χ3v) is 4.18. The van der Waals surface area contributed by atoms with Gasteiger partial charge >= 0.3 is 0 Å². The molecule has 17 heavy (non-hydrogen) atoms. The van der Waals surface area contributed by atoms with Crippen molar-refractivity contribution in [3.63, 3.8) is 0 Å². The van der Waals surface area contributed by atoms with Crippen molar-refractivity contribution in [2.75, 3.05) is 39.3 Å². The summed E-state index contributed by atoms with van der Waals surface area (Å²) in [4.78, 5) is 5.33. The van der Waals surface area contributed by atoms with E-state index >= 15 is 0 Å². The fourth-order valence-electron chi connectivity index (χ4n) is 2.98. The number of piperidine rings is 1. The quantitative estimate of drug-likeness (QED) is 0.743. The molecule has 0 bridgehead atoms. The summed E-state index contributed by atoms with van der Waals surface area (Å²) in [7, 11) is 0. The van der Waals surface area contributed by atoms with Crippen LogP contribution in [0.3, 0.4) is 0 Å². The van der Waals surface area contributed by atoms with Crippen molar-refractivity contribution in [1.29, 1.82) is 0 Å². The van der Waals surface area contributed by atoms with Crippen molar-refractivity contribution >= 4 is 0 Å². The standard InChI is InChI=1S/C15H30N2/c1-15(2,3)7-10-17-12-14(13-17)11-16-8-5-4-6-9-16/h14H,4-13H2,1-3H3. The van der Waals surface area contributed by atoms with Crippen molar-refractivity contribution in [3.05, 3.63) is 0 Å². The number of likely N-dealkylation sites (tertiary alicyclic amines) is 2. The Hall–Kier alpha value is -0.0800. The molecule has 100 valence electrons. The third-order valence-electron chi connectivity index (χ3n) is 4.18. The van der Waals surface area contributed by atoms with Crippen LogP contribution < -0.4 is 0 Å². The molecule has 0 saturated carbocycles. The van der Waals surface area contributed by atoms with Gasteiger partial charge in [0.2, 0.25) is 0 Å². The predicted octanol–water partition coefficient (Wildman–Crippen LogP) is 2.84. The molecule has 2 heteroatoms. The molecule has 0 spiro atoms. The Bertz CT molecular complexity index is 220. The Morgan fingerprint density at radius 3 is 2.18 bits per heavy atom. The van der Waals surface area contributed by atoms with Crippen LogP contribution in [0.5, 0.6) is 0 Å². The minimum absolute atomic E-state index is 0.498. The summed E-state index contributed by atoms with van der Waals surface area (Å²) >= 11 is 0. The lowest BCUT2D eigenvalue weighted by molar-refractivity contribution is 0.0532. The van der Waals surface area contributed by atoms with E-state index in [-0.39, 0.29) is 0 Å². The van der Waals surface area contributed by atoms with Gasteiger partial charge in [0.15, 0.2) is 0 Å². The van der Waals surface area contributed by atoms with Gasteiger partial charge < -0.3 is 9.80 Å². The molecule has 0 aliphatic carbocycles. The van der Waals surface area contributed by atoms with Crippen LogP contribution in [0.15, 0.2) is 0 Å². The van der Waals surface area contributed by atoms with Crippen molar-refractivity contribution < 1.29 is 0 Å². The van der Waals surface area contributed by atoms with Crippen LogP contribution in [0.4, 0.5) is 0 Å². The summed E-state index contributed by atoms with van der Waals surface area (Å²) in [6.07, 6.45) is 5.66. The highest BCUT2D eigenvalue weighted by Crippen LogP contribution is 2.23. The van der Waals surface area contributed by atoms with Gasteiger partial charge in [-0.05, 0) is 50.2 Å². The third kappa shape index (κ3) is 4.59. The fraction of sp³-hybridized carbons (Fsp3) is 1.00. The molecular weight excluding hydrogens is 208 g/mol. The van der Waals surface area contributed by atoms with Crippen LogP contribution in [-0.4, -0.2) is 49.1 Å². The van der Waals surface area contributed by atoms with Gasteiger partial charge in [-0.15, -0.1) is 0 Å². The molecule has 2 rings (SSSR count). The first-order valence-corrected chi connectivity index (χ1v) is 7.48. The van der Waals surface area contributed by atoms with E-state index in [1.54, 1.807) is 0 Å². The molecule has 2 fully saturated rings. The number of rotatable bonds is 4. The average molecular weight is 238 g/mol. The highest BCUT2D eigenvalue weighted by atomic mass is 15.2.